The fourth-order valence-corrected chi connectivity index (χ4v) is 2.04. The predicted octanol–water partition coefficient (Wildman–Crippen LogP) is -1.14. The zero-order valence-corrected chi connectivity index (χ0v) is 10.1. The Bertz CT molecular complexity index is 333. The Morgan fingerprint density at radius 3 is 2.71 bits per heavy atom. The van der Waals surface area contributed by atoms with Crippen molar-refractivity contribution in [3.63, 3.8) is 0 Å². The third-order valence-corrected chi connectivity index (χ3v) is 2.84. The van der Waals surface area contributed by atoms with Crippen LogP contribution < -0.4 is 10.6 Å². The van der Waals surface area contributed by atoms with Gasteiger partial charge in [0, 0.05) is 6.54 Å². The number of methoxy groups -OCH3 is 1. The first-order chi connectivity index (χ1) is 7.63. The van der Waals surface area contributed by atoms with Crippen LogP contribution >= 0.6 is 12.4 Å². The molecule has 2 aliphatic rings. The Morgan fingerprint density at radius 2 is 2.18 bits per heavy atom. The maximum absolute atomic E-state index is 11.4. The maximum atomic E-state index is 11.4. The van der Waals surface area contributed by atoms with Crippen LogP contribution in [0.3, 0.4) is 0 Å². The van der Waals surface area contributed by atoms with Gasteiger partial charge in [-0.05, 0) is 6.42 Å². The fourth-order valence-electron chi connectivity index (χ4n) is 2.04. The number of nitrogens with one attached hydrogen (secondary N) is 2. The molecular weight excluding hydrogens is 250 g/mol. The number of imide groups is 1. The van der Waals surface area contributed by atoms with Crippen LogP contribution in [0.4, 0.5) is 4.79 Å². The highest BCUT2D eigenvalue weighted by atomic mass is 35.5. The molecule has 0 aliphatic carbocycles. The number of nitrogens with zero attached hydrogens (tertiary/aromatic N) is 1. The second kappa shape index (κ2) is 5.33. The van der Waals surface area contributed by atoms with E-state index in [4.69, 9.17) is 0 Å². The van der Waals surface area contributed by atoms with Crippen molar-refractivity contribution in [3.05, 3.63) is 0 Å². The van der Waals surface area contributed by atoms with Gasteiger partial charge in [-0.1, -0.05) is 0 Å². The van der Waals surface area contributed by atoms with E-state index in [2.05, 4.69) is 15.4 Å². The van der Waals surface area contributed by atoms with Crippen LogP contribution in [-0.2, 0) is 14.3 Å². The lowest BCUT2D eigenvalue weighted by Gasteiger charge is -2.19. The molecule has 2 heterocycles. The summed E-state index contributed by atoms with van der Waals surface area (Å²) in [7, 11) is 1.31. The summed E-state index contributed by atoms with van der Waals surface area (Å²) >= 11 is 0. The molecule has 2 saturated heterocycles. The summed E-state index contributed by atoms with van der Waals surface area (Å²) in [6.07, 6.45) is 0.409. The average Bonchev–Trinajstić information content (AvgIpc) is 2.85. The number of urea groups is 1. The number of rotatable bonds is 2. The molecule has 8 heteroatoms. The van der Waals surface area contributed by atoms with E-state index in [1.165, 1.54) is 12.0 Å². The van der Waals surface area contributed by atoms with Crippen LogP contribution in [0.25, 0.3) is 0 Å². The van der Waals surface area contributed by atoms with Crippen LogP contribution in [0.2, 0.25) is 0 Å². The van der Waals surface area contributed by atoms with Crippen molar-refractivity contribution in [2.45, 2.75) is 18.5 Å². The number of amides is 3. The molecule has 96 valence electrons. The molecule has 0 saturated carbocycles. The highest BCUT2D eigenvalue weighted by molar-refractivity contribution is 6.02. The minimum absolute atomic E-state index is 0. The predicted molar refractivity (Wildman–Crippen MR) is 59.7 cm³/mol. The number of carbonyl (C=O) groups excluding carboxylic acids is 3. The lowest BCUT2D eigenvalue weighted by molar-refractivity contribution is -0.143. The molecule has 2 atom stereocenters. The third kappa shape index (κ3) is 2.50. The molecule has 0 aromatic carbocycles. The van der Waals surface area contributed by atoms with Gasteiger partial charge in [-0.25, -0.2) is 4.79 Å². The molecule has 0 aromatic rings. The summed E-state index contributed by atoms with van der Waals surface area (Å²) in [5.74, 6) is -0.614. The second-order valence-corrected chi connectivity index (χ2v) is 3.80. The van der Waals surface area contributed by atoms with E-state index >= 15 is 0 Å². The summed E-state index contributed by atoms with van der Waals surface area (Å²) < 4.78 is 4.59. The molecule has 2 rings (SSSR count). The Balaban J connectivity index is 0.00000144. The van der Waals surface area contributed by atoms with Gasteiger partial charge in [0.15, 0.2) is 0 Å². The monoisotopic (exact) mass is 263 g/mol. The standard InChI is InChI=1S/C9H13N3O4.ClH/c1-16-8(14)6-2-5(3-10-6)12-7(13)4-11-9(12)15;/h5-6,10H,2-4H2,1H3,(H,11,15);1H/t5-,6-;/m0./s1. The van der Waals surface area contributed by atoms with Gasteiger partial charge in [0.25, 0.3) is 0 Å². The molecular formula is C9H14ClN3O4. The zero-order valence-electron chi connectivity index (χ0n) is 9.26. The van der Waals surface area contributed by atoms with E-state index in [1.807, 2.05) is 0 Å². The number of esters is 1. The van der Waals surface area contributed by atoms with Crippen LogP contribution in [0, 0.1) is 0 Å². The van der Waals surface area contributed by atoms with Gasteiger partial charge in [0.2, 0.25) is 5.91 Å². The summed E-state index contributed by atoms with van der Waals surface area (Å²) in [5.41, 5.74) is 0. The fraction of sp³-hybridized carbons (Fsp3) is 0.667. The molecule has 0 spiro atoms. The topological polar surface area (TPSA) is 87.7 Å². The number of halogens is 1. The van der Waals surface area contributed by atoms with Crippen molar-refractivity contribution in [1.82, 2.24) is 15.5 Å². The van der Waals surface area contributed by atoms with Gasteiger partial charge in [0.1, 0.15) is 6.04 Å². The normalized spacial score (nSPS) is 27.7. The molecule has 2 fully saturated rings. The minimum atomic E-state index is -0.434. The summed E-state index contributed by atoms with van der Waals surface area (Å²) in [5, 5.41) is 5.37. The smallest absolute Gasteiger partial charge is 0.324 e. The number of ether oxygens (including phenoxy) is 1. The SMILES string of the molecule is COC(=O)[C@@H]1C[C@H](N2C(=O)CNC2=O)CN1.Cl. The number of hydrogen-bond acceptors (Lipinski definition) is 5. The first-order valence-corrected chi connectivity index (χ1v) is 5.04. The van der Waals surface area contributed by atoms with Crippen LogP contribution in [-0.4, -0.2) is 55.1 Å². The number of hydrogen-bond donors (Lipinski definition) is 2. The van der Waals surface area contributed by atoms with Crippen molar-refractivity contribution in [2.75, 3.05) is 20.2 Å². The molecule has 0 radical (unpaired) electrons. The molecule has 2 N–H and O–H groups in total. The van der Waals surface area contributed by atoms with E-state index in [0.717, 1.165) is 0 Å². The number of carbonyl (C=O) groups is 3. The molecule has 0 bridgehead atoms. The van der Waals surface area contributed by atoms with Gasteiger partial charge < -0.3 is 15.4 Å². The average molecular weight is 264 g/mol. The molecule has 17 heavy (non-hydrogen) atoms. The van der Waals surface area contributed by atoms with Crippen molar-refractivity contribution < 1.29 is 19.1 Å². The third-order valence-electron chi connectivity index (χ3n) is 2.84. The van der Waals surface area contributed by atoms with Crippen LogP contribution in [0.5, 0.6) is 0 Å². The zero-order chi connectivity index (χ0) is 11.7. The largest absolute Gasteiger partial charge is 0.468 e. The Kier molecular flexibility index (Phi) is 4.30. The van der Waals surface area contributed by atoms with Crippen molar-refractivity contribution in [2.24, 2.45) is 0 Å². The van der Waals surface area contributed by atoms with Gasteiger partial charge in [0.05, 0.1) is 19.7 Å². The molecule has 2 aliphatic heterocycles. The van der Waals surface area contributed by atoms with Gasteiger partial charge >= 0.3 is 12.0 Å². The van der Waals surface area contributed by atoms with Gasteiger partial charge in [-0.2, -0.15) is 0 Å². The summed E-state index contributed by atoms with van der Waals surface area (Å²) in [4.78, 5) is 35.2. The van der Waals surface area contributed by atoms with E-state index < -0.39 is 6.04 Å². The van der Waals surface area contributed by atoms with Crippen LogP contribution in [0.1, 0.15) is 6.42 Å². The van der Waals surface area contributed by atoms with E-state index in [9.17, 15) is 14.4 Å². The first-order valence-electron chi connectivity index (χ1n) is 5.04. The highest BCUT2D eigenvalue weighted by Crippen LogP contribution is 2.17. The van der Waals surface area contributed by atoms with E-state index in [1.54, 1.807) is 0 Å². The quantitative estimate of drug-likeness (QED) is 0.486. The molecule has 7 nitrogen and oxygen atoms in total. The van der Waals surface area contributed by atoms with Crippen molar-refractivity contribution >= 4 is 30.3 Å². The Morgan fingerprint density at radius 1 is 1.47 bits per heavy atom. The molecule has 0 aromatic heterocycles. The summed E-state index contributed by atoms with van der Waals surface area (Å²) in [6.45, 7) is 0.469. The maximum Gasteiger partial charge on any atom is 0.324 e. The van der Waals surface area contributed by atoms with Crippen LogP contribution in [0.15, 0.2) is 0 Å². The lowest BCUT2D eigenvalue weighted by Crippen LogP contribution is -2.41. The minimum Gasteiger partial charge on any atom is -0.468 e. The van der Waals surface area contributed by atoms with Gasteiger partial charge in [-0.15, -0.1) is 12.4 Å². The second-order valence-electron chi connectivity index (χ2n) is 3.80. The van der Waals surface area contributed by atoms with E-state index in [-0.39, 0.29) is 42.9 Å². The first kappa shape index (κ1) is 13.7. The summed E-state index contributed by atoms with van der Waals surface area (Å²) in [6, 6.07) is -1.09. The van der Waals surface area contributed by atoms with Crippen molar-refractivity contribution in [1.29, 1.82) is 0 Å². The lowest BCUT2D eigenvalue weighted by atomic mass is 10.1. The molecule has 0 unspecified atom stereocenters. The molecule has 3 amide bonds. The van der Waals surface area contributed by atoms with E-state index in [0.29, 0.717) is 13.0 Å². The highest BCUT2D eigenvalue weighted by Gasteiger charge is 2.41. The van der Waals surface area contributed by atoms with Crippen molar-refractivity contribution in [3.8, 4) is 0 Å². The van der Waals surface area contributed by atoms with Gasteiger partial charge in [-0.3, -0.25) is 14.5 Å². The Hall–Kier alpha value is -1.34. The Labute approximate surface area is 104 Å².